The summed E-state index contributed by atoms with van der Waals surface area (Å²) in [5.74, 6) is -2.80. The summed E-state index contributed by atoms with van der Waals surface area (Å²) < 4.78 is 9.62. The Morgan fingerprint density at radius 2 is 1.89 bits per heavy atom. The van der Waals surface area contributed by atoms with Gasteiger partial charge in [0.15, 0.2) is 5.79 Å². The Morgan fingerprint density at radius 3 is 2.33 bits per heavy atom. The first-order valence-corrected chi connectivity index (χ1v) is 5.58. The first-order valence-electron chi connectivity index (χ1n) is 5.58. The van der Waals surface area contributed by atoms with Crippen LogP contribution in [0.1, 0.15) is 27.2 Å². The van der Waals surface area contributed by atoms with Crippen LogP contribution >= 0.6 is 0 Å². The van der Waals surface area contributed by atoms with Crippen LogP contribution in [0.4, 0.5) is 4.79 Å². The van der Waals surface area contributed by atoms with Crippen LogP contribution in [0.3, 0.4) is 0 Å². The molecule has 1 saturated heterocycles. The molecule has 2 N–H and O–H groups in total. The molecular formula is C11H19NO6. The van der Waals surface area contributed by atoms with E-state index in [4.69, 9.17) is 4.74 Å². The number of carbonyl (C=O) groups excluding carboxylic acids is 2. The molecule has 104 valence electrons. The van der Waals surface area contributed by atoms with Gasteiger partial charge in [0, 0.05) is 6.42 Å². The maximum Gasteiger partial charge on any atom is 0.411 e. The Bertz CT molecular complexity index is 346. The van der Waals surface area contributed by atoms with E-state index >= 15 is 0 Å². The summed E-state index contributed by atoms with van der Waals surface area (Å²) in [6, 6.07) is -1.04. The molecule has 1 atom stereocenters. The lowest BCUT2D eigenvalue weighted by atomic mass is 10.1. The molecule has 0 saturated carbocycles. The minimum absolute atomic E-state index is 0.293. The minimum atomic E-state index is -2.10. The highest BCUT2D eigenvalue weighted by molar-refractivity contribution is 5.82. The van der Waals surface area contributed by atoms with E-state index in [9.17, 15) is 19.8 Å². The average molecular weight is 261 g/mol. The lowest BCUT2D eigenvalue weighted by Gasteiger charge is -2.27. The van der Waals surface area contributed by atoms with E-state index in [-0.39, 0.29) is 13.0 Å². The van der Waals surface area contributed by atoms with Crippen LogP contribution in [0.2, 0.25) is 0 Å². The van der Waals surface area contributed by atoms with Crippen molar-refractivity contribution in [1.82, 2.24) is 4.90 Å². The molecular weight excluding hydrogens is 242 g/mol. The van der Waals surface area contributed by atoms with Crippen LogP contribution in [-0.2, 0) is 14.3 Å². The van der Waals surface area contributed by atoms with Gasteiger partial charge in [0.1, 0.15) is 11.6 Å². The second kappa shape index (κ2) is 4.74. The molecule has 7 nitrogen and oxygen atoms in total. The summed E-state index contributed by atoms with van der Waals surface area (Å²) >= 11 is 0. The first-order chi connectivity index (χ1) is 8.06. The Kier molecular flexibility index (Phi) is 3.87. The van der Waals surface area contributed by atoms with E-state index in [0.29, 0.717) is 0 Å². The van der Waals surface area contributed by atoms with Gasteiger partial charge in [-0.05, 0) is 20.8 Å². The van der Waals surface area contributed by atoms with Crippen molar-refractivity contribution in [2.45, 2.75) is 44.6 Å². The number of nitrogens with zero attached hydrogens (tertiary/aromatic N) is 1. The van der Waals surface area contributed by atoms with Gasteiger partial charge in [-0.15, -0.1) is 0 Å². The maximum absolute atomic E-state index is 11.9. The topological polar surface area (TPSA) is 96.3 Å². The van der Waals surface area contributed by atoms with Gasteiger partial charge in [-0.1, -0.05) is 0 Å². The zero-order chi connectivity index (χ0) is 14.1. The van der Waals surface area contributed by atoms with Gasteiger partial charge in [-0.2, -0.15) is 0 Å². The summed E-state index contributed by atoms with van der Waals surface area (Å²) in [4.78, 5) is 24.3. The van der Waals surface area contributed by atoms with Gasteiger partial charge < -0.3 is 19.7 Å². The second-order valence-electron chi connectivity index (χ2n) is 5.33. The molecule has 1 aliphatic rings. The number of hydrogen-bond donors (Lipinski definition) is 2. The quantitative estimate of drug-likeness (QED) is 0.503. The molecule has 0 spiro atoms. The van der Waals surface area contributed by atoms with Crippen molar-refractivity contribution in [2.24, 2.45) is 0 Å². The third-order valence-electron chi connectivity index (χ3n) is 2.42. The van der Waals surface area contributed by atoms with Gasteiger partial charge in [-0.3, -0.25) is 4.90 Å². The lowest BCUT2D eigenvalue weighted by molar-refractivity contribution is -0.153. The standard InChI is InChI=1S/C11H19NO6/c1-10(2,3)18-9(14)12-6-11(15,16)5-7(12)8(13)17-4/h7,15-16H,5-6H2,1-4H3/t7-/m0/s1. The summed E-state index contributed by atoms with van der Waals surface area (Å²) in [7, 11) is 1.17. The van der Waals surface area contributed by atoms with E-state index in [1.165, 1.54) is 7.11 Å². The predicted octanol–water partition coefficient (Wildman–Crippen LogP) is -0.150. The number of ether oxygens (including phenoxy) is 2. The fraction of sp³-hybridized carbons (Fsp3) is 0.818. The molecule has 0 aliphatic carbocycles. The van der Waals surface area contributed by atoms with Crippen LogP contribution in [-0.4, -0.2) is 58.3 Å². The summed E-state index contributed by atoms with van der Waals surface area (Å²) in [5, 5.41) is 19.1. The van der Waals surface area contributed by atoms with Crippen LogP contribution in [0, 0.1) is 0 Å². The number of carbonyl (C=O) groups is 2. The van der Waals surface area contributed by atoms with E-state index in [2.05, 4.69) is 4.74 Å². The predicted molar refractivity (Wildman–Crippen MR) is 60.5 cm³/mol. The fourth-order valence-electron chi connectivity index (χ4n) is 1.73. The monoisotopic (exact) mass is 261 g/mol. The molecule has 1 amide bonds. The molecule has 7 heteroatoms. The Morgan fingerprint density at radius 1 is 1.33 bits per heavy atom. The number of likely N-dealkylation sites (tertiary alicyclic amines) is 1. The maximum atomic E-state index is 11.9. The minimum Gasteiger partial charge on any atom is -0.467 e. The van der Waals surface area contributed by atoms with E-state index in [0.717, 1.165) is 4.90 Å². The molecule has 1 rings (SSSR count). The van der Waals surface area contributed by atoms with Crippen LogP contribution in [0.15, 0.2) is 0 Å². The highest BCUT2D eigenvalue weighted by Crippen LogP contribution is 2.27. The van der Waals surface area contributed by atoms with Crippen molar-refractivity contribution in [2.75, 3.05) is 13.7 Å². The number of β-amino-alcohol motifs (C(OH)–C–C–N with tert-alkyl or cyclic N) is 2. The fourth-order valence-corrected chi connectivity index (χ4v) is 1.73. The molecule has 1 aliphatic heterocycles. The van der Waals surface area contributed by atoms with Crippen molar-refractivity contribution in [3.05, 3.63) is 0 Å². The summed E-state index contributed by atoms with van der Waals surface area (Å²) in [5.41, 5.74) is -0.728. The van der Waals surface area contributed by atoms with Gasteiger partial charge in [0.2, 0.25) is 0 Å². The van der Waals surface area contributed by atoms with Crippen molar-refractivity contribution in [1.29, 1.82) is 0 Å². The van der Waals surface area contributed by atoms with Crippen molar-refractivity contribution >= 4 is 12.1 Å². The Labute approximate surface area is 105 Å². The highest BCUT2D eigenvalue weighted by atomic mass is 16.6. The number of aliphatic hydroxyl groups is 2. The number of hydrogen-bond acceptors (Lipinski definition) is 6. The number of amides is 1. The molecule has 0 bridgehead atoms. The van der Waals surface area contributed by atoms with E-state index in [1.54, 1.807) is 20.8 Å². The summed E-state index contributed by atoms with van der Waals surface area (Å²) in [6.07, 6.45) is -1.07. The number of esters is 1. The summed E-state index contributed by atoms with van der Waals surface area (Å²) in [6.45, 7) is 4.65. The molecule has 0 aromatic carbocycles. The molecule has 18 heavy (non-hydrogen) atoms. The van der Waals surface area contributed by atoms with Crippen LogP contribution < -0.4 is 0 Å². The SMILES string of the molecule is COC(=O)[C@@H]1CC(O)(O)CN1C(=O)OC(C)(C)C. The molecule has 1 fully saturated rings. The van der Waals surface area contributed by atoms with Gasteiger partial charge >= 0.3 is 12.1 Å². The molecule has 1 heterocycles. The largest absolute Gasteiger partial charge is 0.467 e. The van der Waals surface area contributed by atoms with Crippen molar-refractivity contribution < 1.29 is 29.3 Å². The molecule has 0 aromatic rings. The van der Waals surface area contributed by atoms with Crippen molar-refractivity contribution in [3.63, 3.8) is 0 Å². The van der Waals surface area contributed by atoms with Crippen LogP contribution in [0.5, 0.6) is 0 Å². The zero-order valence-corrected chi connectivity index (χ0v) is 11.0. The van der Waals surface area contributed by atoms with E-state index < -0.39 is 29.5 Å². The Hall–Kier alpha value is -1.34. The first kappa shape index (κ1) is 14.7. The average Bonchev–Trinajstić information content (AvgIpc) is 2.51. The van der Waals surface area contributed by atoms with Gasteiger partial charge in [0.05, 0.1) is 13.7 Å². The van der Waals surface area contributed by atoms with Crippen LogP contribution in [0.25, 0.3) is 0 Å². The number of rotatable bonds is 1. The Balaban J connectivity index is 2.84. The zero-order valence-electron chi connectivity index (χ0n) is 11.0. The normalized spacial score (nSPS) is 22.8. The third kappa shape index (κ3) is 3.58. The highest BCUT2D eigenvalue weighted by Gasteiger charge is 2.48. The van der Waals surface area contributed by atoms with Gasteiger partial charge in [-0.25, -0.2) is 9.59 Å². The van der Waals surface area contributed by atoms with E-state index in [1.807, 2.05) is 0 Å². The second-order valence-corrected chi connectivity index (χ2v) is 5.33. The number of methoxy groups -OCH3 is 1. The molecule has 0 radical (unpaired) electrons. The third-order valence-corrected chi connectivity index (χ3v) is 2.42. The molecule has 0 aromatic heterocycles. The lowest BCUT2D eigenvalue weighted by Crippen LogP contribution is -2.44. The van der Waals surface area contributed by atoms with Crippen molar-refractivity contribution in [3.8, 4) is 0 Å². The smallest absolute Gasteiger partial charge is 0.411 e. The molecule has 0 unspecified atom stereocenters. The van der Waals surface area contributed by atoms with Gasteiger partial charge in [0.25, 0.3) is 0 Å².